The third-order valence-electron chi connectivity index (χ3n) is 4.69. The van der Waals surface area contributed by atoms with Crippen molar-refractivity contribution in [3.63, 3.8) is 0 Å². The molecule has 0 bridgehead atoms. The van der Waals surface area contributed by atoms with Gasteiger partial charge in [-0.3, -0.25) is 14.9 Å². The summed E-state index contributed by atoms with van der Waals surface area (Å²) in [6.07, 6.45) is 1.26. The molecule has 4 amide bonds. The van der Waals surface area contributed by atoms with E-state index in [-0.39, 0.29) is 17.0 Å². The van der Waals surface area contributed by atoms with Crippen LogP contribution in [0.5, 0.6) is 0 Å². The summed E-state index contributed by atoms with van der Waals surface area (Å²) in [5.74, 6) is -0.995. The van der Waals surface area contributed by atoms with Gasteiger partial charge in [0.25, 0.3) is 11.8 Å². The highest BCUT2D eigenvalue weighted by molar-refractivity contribution is 6.40. The normalized spacial score (nSPS) is 15.5. The lowest BCUT2D eigenvalue weighted by Gasteiger charge is -2.27. The SMILES string of the molecule is Cc1c(Cl)cccc1N1C(=O)NC(=O)/C(=C\c2ccc(-c3cc(Cl)ccc3Cl)o2)C1=O. The summed E-state index contributed by atoms with van der Waals surface area (Å²) in [6, 6.07) is 12.1. The molecule has 3 aromatic rings. The van der Waals surface area contributed by atoms with Gasteiger partial charge in [0.15, 0.2) is 0 Å². The summed E-state index contributed by atoms with van der Waals surface area (Å²) in [4.78, 5) is 38.7. The number of halogens is 3. The molecule has 9 heteroatoms. The summed E-state index contributed by atoms with van der Waals surface area (Å²) < 4.78 is 5.74. The number of anilines is 1. The highest BCUT2D eigenvalue weighted by atomic mass is 35.5. The number of rotatable bonds is 3. The largest absolute Gasteiger partial charge is 0.457 e. The first-order valence-electron chi connectivity index (χ1n) is 8.98. The molecule has 1 N–H and O–H groups in total. The average molecular weight is 476 g/mol. The molecule has 1 fully saturated rings. The van der Waals surface area contributed by atoms with Crippen molar-refractivity contribution >= 4 is 64.4 Å². The lowest BCUT2D eigenvalue weighted by molar-refractivity contribution is -0.122. The summed E-state index contributed by atoms with van der Waals surface area (Å²) in [5.41, 5.74) is 1.10. The molecule has 0 saturated carbocycles. The van der Waals surface area contributed by atoms with E-state index in [9.17, 15) is 14.4 Å². The zero-order valence-corrected chi connectivity index (χ0v) is 18.2. The second kappa shape index (κ2) is 8.23. The van der Waals surface area contributed by atoms with Crippen molar-refractivity contribution in [2.75, 3.05) is 4.90 Å². The van der Waals surface area contributed by atoms with Gasteiger partial charge in [0.05, 0.1) is 10.7 Å². The number of amides is 4. The minimum atomic E-state index is -0.858. The molecule has 6 nitrogen and oxygen atoms in total. The first-order valence-corrected chi connectivity index (χ1v) is 10.1. The van der Waals surface area contributed by atoms with E-state index < -0.39 is 17.8 Å². The summed E-state index contributed by atoms with van der Waals surface area (Å²) in [5, 5.41) is 3.45. The van der Waals surface area contributed by atoms with E-state index >= 15 is 0 Å². The number of hydrogen-bond donors (Lipinski definition) is 1. The second-order valence-corrected chi connectivity index (χ2v) is 7.92. The van der Waals surface area contributed by atoms with Crippen LogP contribution in [0.3, 0.4) is 0 Å². The molecule has 2 heterocycles. The molecule has 1 aliphatic rings. The topological polar surface area (TPSA) is 79.6 Å². The Bertz CT molecular complexity index is 1280. The standard InChI is InChI=1S/C22H13Cl3N2O4/c1-11-16(24)3-2-4-18(11)27-21(29)15(20(28)26-22(27)30)10-13-6-8-19(31-13)14-9-12(23)5-7-17(14)25/h2-10H,1H3,(H,26,28,30)/b15-10+. The smallest absolute Gasteiger partial charge is 0.335 e. The van der Waals surface area contributed by atoms with Crippen LogP contribution in [0.4, 0.5) is 10.5 Å². The van der Waals surface area contributed by atoms with Crippen molar-refractivity contribution in [2.24, 2.45) is 0 Å². The van der Waals surface area contributed by atoms with Crippen molar-refractivity contribution in [3.8, 4) is 11.3 Å². The maximum atomic E-state index is 13.0. The van der Waals surface area contributed by atoms with Crippen molar-refractivity contribution in [1.82, 2.24) is 5.32 Å². The van der Waals surface area contributed by atoms with Crippen LogP contribution in [0.2, 0.25) is 15.1 Å². The van der Waals surface area contributed by atoms with Crippen LogP contribution >= 0.6 is 34.8 Å². The Labute approximate surface area is 192 Å². The fourth-order valence-electron chi connectivity index (χ4n) is 3.12. The van der Waals surface area contributed by atoms with E-state index in [1.807, 2.05) is 0 Å². The quantitative estimate of drug-likeness (QED) is 0.379. The molecule has 1 aliphatic heterocycles. The number of imide groups is 2. The van der Waals surface area contributed by atoms with Crippen LogP contribution in [0, 0.1) is 6.92 Å². The average Bonchev–Trinajstić information content (AvgIpc) is 3.18. The van der Waals surface area contributed by atoms with E-state index in [1.54, 1.807) is 55.5 Å². The van der Waals surface area contributed by atoms with Crippen molar-refractivity contribution in [3.05, 3.63) is 80.5 Å². The maximum Gasteiger partial charge on any atom is 0.335 e. The Morgan fingerprint density at radius 3 is 2.52 bits per heavy atom. The molecule has 156 valence electrons. The van der Waals surface area contributed by atoms with E-state index in [1.165, 1.54) is 6.08 Å². The van der Waals surface area contributed by atoms with E-state index in [0.29, 0.717) is 32.0 Å². The molecule has 31 heavy (non-hydrogen) atoms. The van der Waals surface area contributed by atoms with Crippen LogP contribution in [0.15, 0.2) is 58.5 Å². The van der Waals surface area contributed by atoms with Crippen LogP contribution in [-0.4, -0.2) is 17.8 Å². The number of carbonyl (C=O) groups excluding carboxylic acids is 3. The molecule has 2 aromatic carbocycles. The third kappa shape index (κ3) is 3.97. The summed E-state index contributed by atoms with van der Waals surface area (Å²) in [7, 11) is 0. The van der Waals surface area contributed by atoms with Gasteiger partial charge in [0, 0.05) is 15.6 Å². The van der Waals surface area contributed by atoms with Gasteiger partial charge in [-0.15, -0.1) is 0 Å². The second-order valence-electron chi connectivity index (χ2n) is 6.67. The summed E-state index contributed by atoms with van der Waals surface area (Å²) in [6.45, 7) is 1.67. The Morgan fingerprint density at radius 1 is 0.968 bits per heavy atom. The first-order chi connectivity index (χ1) is 14.8. The zero-order chi connectivity index (χ0) is 22.3. The fraction of sp³-hybridized carbons (Fsp3) is 0.0455. The third-order valence-corrected chi connectivity index (χ3v) is 5.66. The highest BCUT2D eigenvalue weighted by Gasteiger charge is 2.37. The minimum absolute atomic E-state index is 0.224. The van der Waals surface area contributed by atoms with Crippen LogP contribution in [0.1, 0.15) is 11.3 Å². The molecule has 0 radical (unpaired) electrons. The van der Waals surface area contributed by atoms with Crippen molar-refractivity contribution in [2.45, 2.75) is 6.92 Å². The predicted octanol–water partition coefficient (Wildman–Crippen LogP) is 5.88. The van der Waals surface area contributed by atoms with Gasteiger partial charge < -0.3 is 4.42 Å². The lowest BCUT2D eigenvalue weighted by Crippen LogP contribution is -2.54. The number of barbiturate groups is 1. The Balaban J connectivity index is 1.72. The highest BCUT2D eigenvalue weighted by Crippen LogP contribution is 2.33. The van der Waals surface area contributed by atoms with E-state index in [2.05, 4.69) is 5.32 Å². The number of furan rings is 1. The van der Waals surface area contributed by atoms with E-state index in [0.717, 1.165) is 4.90 Å². The van der Waals surface area contributed by atoms with Gasteiger partial charge in [-0.1, -0.05) is 40.9 Å². The first kappa shape index (κ1) is 21.2. The van der Waals surface area contributed by atoms with Gasteiger partial charge in [0.1, 0.15) is 17.1 Å². The van der Waals surface area contributed by atoms with Gasteiger partial charge in [-0.05, 0) is 61.0 Å². The van der Waals surface area contributed by atoms with Gasteiger partial charge in [-0.25, -0.2) is 9.69 Å². The Hall–Kier alpha value is -3.06. The fourth-order valence-corrected chi connectivity index (χ4v) is 3.67. The Kier molecular flexibility index (Phi) is 5.62. The molecule has 1 saturated heterocycles. The number of hydrogen-bond acceptors (Lipinski definition) is 4. The number of benzene rings is 2. The van der Waals surface area contributed by atoms with Crippen LogP contribution in [0.25, 0.3) is 17.4 Å². The molecule has 4 rings (SSSR count). The number of urea groups is 1. The lowest BCUT2D eigenvalue weighted by atomic mass is 10.1. The predicted molar refractivity (Wildman–Crippen MR) is 119 cm³/mol. The zero-order valence-electron chi connectivity index (χ0n) is 15.9. The van der Waals surface area contributed by atoms with Gasteiger partial charge in [0.2, 0.25) is 0 Å². The monoisotopic (exact) mass is 474 g/mol. The molecular formula is C22H13Cl3N2O4. The Morgan fingerprint density at radius 2 is 1.74 bits per heavy atom. The van der Waals surface area contributed by atoms with Gasteiger partial charge in [-0.2, -0.15) is 0 Å². The number of carbonyl (C=O) groups is 3. The van der Waals surface area contributed by atoms with E-state index in [4.69, 9.17) is 39.2 Å². The molecule has 1 aromatic heterocycles. The minimum Gasteiger partial charge on any atom is -0.457 e. The molecule has 0 spiro atoms. The van der Waals surface area contributed by atoms with Gasteiger partial charge >= 0.3 is 6.03 Å². The van der Waals surface area contributed by atoms with Crippen molar-refractivity contribution < 1.29 is 18.8 Å². The molecule has 0 atom stereocenters. The maximum absolute atomic E-state index is 13.0. The summed E-state index contributed by atoms with van der Waals surface area (Å²) >= 11 is 18.3. The molecular weight excluding hydrogens is 463 g/mol. The number of nitrogens with zero attached hydrogens (tertiary/aromatic N) is 1. The van der Waals surface area contributed by atoms with Crippen molar-refractivity contribution in [1.29, 1.82) is 0 Å². The van der Waals surface area contributed by atoms with Crippen LogP contribution < -0.4 is 10.2 Å². The number of nitrogens with one attached hydrogen (secondary N) is 1. The van der Waals surface area contributed by atoms with Crippen LogP contribution in [-0.2, 0) is 9.59 Å². The molecule has 0 unspecified atom stereocenters. The molecule has 0 aliphatic carbocycles.